The molecule has 2 aliphatic heterocycles. The van der Waals surface area contributed by atoms with Gasteiger partial charge in [-0.05, 0) is 72.5 Å². The van der Waals surface area contributed by atoms with Crippen molar-refractivity contribution < 1.29 is 22.6 Å². The van der Waals surface area contributed by atoms with Crippen LogP contribution in [0.4, 0.5) is 13.2 Å². The van der Waals surface area contributed by atoms with Crippen molar-refractivity contribution in [1.29, 1.82) is 0 Å². The second-order valence-electron chi connectivity index (χ2n) is 12.3. The van der Waals surface area contributed by atoms with Gasteiger partial charge < -0.3 is 9.47 Å². The van der Waals surface area contributed by atoms with Crippen molar-refractivity contribution >= 4 is 0 Å². The van der Waals surface area contributed by atoms with Crippen LogP contribution in [-0.2, 0) is 33.1 Å². The predicted octanol–water partition coefficient (Wildman–Crippen LogP) is 6.89. The summed E-state index contributed by atoms with van der Waals surface area (Å²) in [5.41, 5.74) is 6.11. The molecule has 3 fully saturated rings. The Morgan fingerprint density at radius 3 is 2.31 bits per heavy atom. The van der Waals surface area contributed by atoms with Crippen LogP contribution in [0, 0.1) is 5.41 Å². The number of pyridine rings is 2. The van der Waals surface area contributed by atoms with Gasteiger partial charge in [0.2, 0.25) is 0 Å². The van der Waals surface area contributed by atoms with Gasteiger partial charge >= 0.3 is 6.18 Å². The Morgan fingerprint density at radius 2 is 1.75 bits per heavy atom. The molecule has 192 valence electrons. The van der Waals surface area contributed by atoms with Crippen LogP contribution in [-0.4, -0.2) is 23.2 Å². The molecule has 0 aromatic carbocycles. The SMILES string of the molecule is CC(C)c1nc2c(c3c1[C@@H](c1ccc(C(F)(F)F)nc1)OC31CCOCC1)C1(CC1)CC1(CCC1)C2. The molecule has 5 aliphatic rings. The molecule has 1 atom stereocenters. The molecule has 0 N–H and O–H groups in total. The van der Waals surface area contributed by atoms with Gasteiger partial charge in [0, 0.05) is 54.8 Å². The van der Waals surface area contributed by atoms with Gasteiger partial charge in [0.05, 0.1) is 5.60 Å². The van der Waals surface area contributed by atoms with E-state index in [1.807, 2.05) is 0 Å². The number of hydrogen-bond donors (Lipinski definition) is 0. The third kappa shape index (κ3) is 3.27. The minimum absolute atomic E-state index is 0.182. The summed E-state index contributed by atoms with van der Waals surface area (Å²) >= 11 is 0. The van der Waals surface area contributed by atoms with Crippen molar-refractivity contribution in [2.75, 3.05) is 13.2 Å². The second-order valence-corrected chi connectivity index (χ2v) is 12.3. The first kappa shape index (κ1) is 23.2. The molecule has 7 rings (SSSR count). The number of alkyl halides is 3. The number of nitrogens with zero attached hydrogens (tertiary/aromatic N) is 2. The topological polar surface area (TPSA) is 44.2 Å². The maximum absolute atomic E-state index is 13.3. The van der Waals surface area contributed by atoms with Crippen molar-refractivity contribution in [2.24, 2.45) is 5.41 Å². The molecule has 2 saturated carbocycles. The van der Waals surface area contributed by atoms with Crippen molar-refractivity contribution in [1.82, 2.24) is 9.97 Å². The molecule has 2 aromatic rings. The number of fused-ring (bicyclic) bond motifs is 5. The van der Waals surface area contributed by atoms with Crippen molar-refractivity contribution in [3.05, 3.63) is 57.7 Å². The van der Waals surface area contributed by atoms with Crippen LogP contribution in [0.1, 0.15) is 117 Å². The molecule has 1 saturated heterocycles. The first-order chi connectivity index (χ1) is 17.2. The third-order valence-electron chi connectivity index (χ3n) is 9.68. The molecule has 4 heterocycles. The van der Waals surface area contributed by atoms with Gasteiger partial charge in [0.1, 0.15) is 11.8 Å². The van der Waals surface area contributed by atoms with Crippen molar-refractivity contribution in [3.8, 4) is 0 Å². The van der Waals surface area contributed by atoms with E-state index in [2.05, 4.69) is 18.8 Å². The minimum Gasteiger partial charge on any atom is -0.381 e. The van der Waals surface area contributed by atoms with Crippen molar-refractivity contribution in [2.45, 2.75) is 101 Å². The van der Waals surface area contributed by atoms with E-state index in [0.717, 1.165) is 36.6 Å². The van der Waals surface area contributed by atoms with Gasteiger partial charge in [-0.2, -0.15) is 13.2 Å². The summed E-state index contributed by atoms with van der Waals surface area (Å²) in [5, 5.41) is 0. The molecule has 36 heavy (non-hydrogen) atoms. The van der Waals surface area contributed by atoms with Gasteiger partial charge in [0.25, 0.3) is 0 Å². The van der Waals surface area contributed by atoms with E-state index in [9.17, 15) is 13.2 Å². The summed E-state index contributed by atoms with van der Waals surface area (Å²) < 4.78 is 52.5. The van der Waals surface area contributed by atoms with E-state index in [1.165, 1.54) is 61.5 Å². The molecule has 3 aliphatic carbocycles. The molecule has 7 heteroatoms. The molecular weight excluding hydrogens is 465 g/mol. The van der Waals surface area contributed by atoms with Crippen LogP contribution in [0.5, 0.6) is 0 Å². The van der Waals surface area contributed by atoms with Gasteiger partial charge in [-0.25, -0.2) is 0 Å². The molecule has 0 amide bonds. The lowest BCUT2D eigenvalue weighted by Gasteiger charge is -2.50. The number of aromatic nitrogens is 2. The lowest BCUT2D eigenvalue weighted by molar-refractivity contribution is -0.141. The van der Waals surface area contributed by atoms with E-state index in [4.69, 9.17) is 14.5 Å². The third-order valence-corrected chi connectivity index (χ3v) is 9.68. The van der Waals surface area contributed by atoms with Crippen LogP contribution in [0.25, 0.3) is 0 Å². The fraction of sp³-hybridized carbons (Fsp3) is 0.655. The van der Waals surface area contributed by atoms with E-state index in [-0.39, 0.29) is 11.3 Å². The molecule has 3 spiro atoms. The van der Waals surface area contributed by atoms with E-state index >= 15 is 0 Å². The number of ether oxygens (including phenoxy) is 2. The summed E-state index contributed by atoms with van der Waals surface area (Å²) in [4.78, 5) is 9.19. The smallest absolute Gasteiger partial charge is 0.381 e. The highest BCUT2D eigenvalue weighted by atomic mass is 19.4. The summed E-state index contributed by atoms with van der Waals surface area (Å²) in [6.45, 7) is 5.59. The average molecular weight is 499 g/mol. The maximum atomic E-state index is 13.3. The molecule has 0 bridgehead atoms. The van der Waals surface area contributed by atoms with Gasteiger partial charge in [0.15, 0.2) is 0 Å². The quantitative estimate of drug-likeness (QED) is 0.452. The lowest BCUT2D eigenvalue weighted by atomic mass is 9.55. The number of halogens is 3. The normalized spacial score (nSPS) is 26.8. The van der Waals surface area contributed by atoms with Gasteiger partial charge in [-0.15, -0.1) is 0 Å². The van der Waals surface area contributed by atoms with Crippen LogP contribution < -0.4 is 0 Å². The van der Waals surface area contributed by atoms with Crippen LogP contribution in [0.2, 0.25) is 0 Å². The Bertz CT molecular complexity index is 1210. The zero-order chi connectivity index (χ0) is 24.9. The molecule has 2 aromatic heterocycles. The summed E-state index contributed by atoms with van der Waals surface area (Å²) in [6.07, 6.45) is 6.60. The number of rotatable bonds is 2. The summed E-state index contributed by atoms with van der Waals surface area (Å²) in [5.74, 6) is 0.182. The Kier molecular flexibility index (Phi) is 4.84. The van der Waals surface area contributed by atoms with E-state index in [0.29, 0.717) is 24.2 Å². The summed E-state index contributed by atoms with van der Waals surface area (Å²) in [7, 11) is 0. The molecular formula is C29H33F3N2O2. The molecule has 0 unspecified atom stereocenters. The van der Waals surface area contributed by atoms with E-state index < -0.39 is 23.6 Å². The average Bonchev–Trinajstić information content (AvgIpc) is 3.52. The fourth-order valence-corrected chi connectivity index (χ4v) is 7.75. The van der Waals surface area contributed by atoms with Crippen LogP contribution >= 0.6 is 0 Å². The molecule has 0 radical (unpaired) electrons. The first-order valence-electron chi connectivity index (χ1n) is 13.5. The van der Waals surface area contributed by atoms with Crippen molar-refractivity contribution in [3.63, 3.8) is 0 Å². The minimum atomic E-state index is -4.46. The highest BCUT2D eigenvalue weighted by Gasteiger charge is 2.61. The highest BCUT2D eigenvalue weighted by molar-refractivity contribution is 5.58. The maximum Gasteiger partial charge on any atom is 0.433 e. The summed E-state index contributed by atoms with van der Waals surface area (Å²) in [6, 6.07) is 2.62. The zero-order valence-corrected chi connectivity index (χ0v) is 21.0. The second kappa shape index (κ2) is 7.53. The standard InChI is InChI=1S/C29H33F3N2O2/c1-17(2)24-21-23(22-19(34-24)14-26(6-3-7-26)16-27(22)8-9-27)28(10-12-35-13-11-28)36-25(21)18-4-5-20(33-15-18)29(30,31)32/h4-5,15,17,25H,3,6-14,16H2,1-2H3/t25-/m1/s1. The predicted molar refractivity (Wildman–Crippen MR) is 128 cm³/mol. The Hall–Kier alpha value is -1.99. The Morgan fingerprint density at radius 1 is 1.00 bits per heavy atom. The zero-order valence-electron chi connectivity index (χ0n) is 21.0. The largest absolute Gasteiger partial charge is 0.433 e. The van der Waals surface area contributed by atoms with E-state index in [1.54, 1.807) is 6.07 Å². The monoisotopic (exact) mass is 498 g/mol. The highest BCUT2D eigenvalue weighted by Crippen LogP contribution is 2.68. The number of hydrogen-bond acceptors (Lipinski definition) is 4. The van der Waals surface area contributed by atoms with Gasteiger partial charge in [-0.1, -0.05) is 26.3 Å². The van der Waals surface area contributed by atoms with Gasteiger partial charge in [-0.3, -0.25) is 9.97 Å². The van der Waals surface area contributed by atoms with Crippen LogP contribution in [0.15, 0.2) is 18.3 Å². The lowest BCUT2D eigenvalue weighted by Crippen LogP contribution is -2.43. The first-order valence-corrected chi connectivity index (χ1v) is 13.5. The Labute approximate surface area is 210 Å². The Balaban J connectivity index is 1.45. The molecule has 4 nitrogen and oxygen atoms in total. The van der Waals surface area contributed by atoms with Crippen LogP contribution in [0.3, 0.4) is 0 Å². The fourth-order valence-electron chi connectivity index (χ4n) is 7.75.